The lowest BCUT2D eigenvalue weighted by atomic mass is 10.0. The third kappa shape index (κ3) is 3.16. The van der Waals surface area contributed by atoms with Crippen LogP contribution in [0.2, 0.25) is 0 Å². The standard InChI is InChI=1S/C11H19NO2/c1-9(5-6-12-4)10-7-13-11(2,3)14-8-10/h5-6,10,12H,1,7-8H2,2-4H3/b6-5-. The Morgan fingerprint density at radius 2 is 2.00 bits per heavy atom. The summed E-state index contributed by atoms with van der Waals surface area (Å²) in [7, 11) is 1.86. The molecule has 1 aliphatic rings. The van der Waals surface area contributed by atoms with Gasteiger partial charge in [0.25, 0.3) is 0 Å². The minimum absolute atomic E-state index is 0.271. The van der Waals surface area contributed by atoms with E-state index in [9.17, 15) is 0 Å². The average Bonchev–Trinajstić information content (AvgIpc) is 2.14. The minimum Gasteiger partial charge on any atom is -0.394 e. The van der Waals surface area contributed by atoms with E-state index in [0.717, 1.165) is 5.57 Å². The van der Waals surface area contributed by atoms with E-state index in [2.05, 4.69) is 11.9 Å². The van der Waals surface area contributed by atoms with Gasteiger partial charge >= 0.3 is 0 Å². The van der Waals surface area contributed by atoms with Gasteiger partial charge in [0.15, 0.2) is 5.79 Å². The molecule has 1 rings (SSSR count). The number of ether oxygens (including phenoxy) is 2. The zero-order valence-electron chi connectivity index (χ0n) is 9.17. The second-order valence-corrected chi connectivity index (χ2v) is 3.92. The Morgan fingerprint density at radius 3 is 2.50 bits per heavy atom. The molecule has 0 aromatic heterocycles. The maximum absolute atomic E-state index is 5.54. The van der Waals surface area contributed by atoms with Gasteiger partial charge in [-0.15, -0.1) is 0 Å². The average molecular weight is 197 g/mol. The maximum Gasteiger partial charge on any atom is 0.162 e. The van der Waals surface area contributed by atoms with Gasteiger partial charge in [0.05, 0.1) is 13.2 Å². The molecule has 0 atom stereocenters. The fraction of sp³-hybridized carbons (Fsp3) is 0.636. The molecule has 1 N–H and O–H groups in total. The van der Waals surface area contributed by atoms with E-state index in [4.69, 9.17) is 9.47 Å². The van der Waals surface area contributed by atoms with E-state index >= 15 is 0 Å². The zero-order chi connectivity index (χ0) is 10.6. The molecule has 1 saturated heterocycles. The summed E-state index contributed by atoms with van der Waals surface area (Å²) in [6, 6.07) is 0. The zero-order valence-corrected chi connectivity index (χ0v) is 9.17. The van der Waals surface area contributed by atoms with Crippen LogP contribution in [-0.2, 0) is 9.47 Å². The van der Waals surface area contributed by atoms with Crippen molar-refractivity contribution in [2.45, 2.75) is 19.6 Å². The number of allylic oxidation sites excluding steroid dienone is 1. The predicted octanol–water partition coefficient (Wildman–Crippen LogP) is 1.67. The largest absolute Gasteiger partial charge is 0.394 e. The quantitative estimate of drug-likeness (QED) is 0.698. The van der Waals surface area contributed by atoms with Crippen molar-refractivity contribution in [3.63, 3.8) is 0 Å². The van der Waals surface area contributed by atoms with Gasteiger partial charge in [0.1, 0.15) is 0 Å². The monoisotopic (exact) mass is 197 g/mol. The Labute approximate surface area is 85.8 Å². The van der Waals surface area contributed by atoms with Gasteiger partial charge in [-0.2, -0.15) is 0 Å². The van der Waals surface area contributed by atoms with Gasteiger partial charge in [0.2, 0.25) is 0 Å². The first kappa shape index (κ1) is 11.3. The summed E-state index contributed by atoms with van der Waals surface area (Å²) < 4.78 is 11.1. The van der Waals surface area contributed by atoms with Crippen LogP contribution in [0, 0.1) is 5.92 Å². The summed E-state index contributed by atoms with van der Waals surface area (Å²) in [5.41, 5.74) is 1.04. The van der Waals surface area contributed by atoms with Crippen molar-refractivity contribution in [2.75, 3.05) is 20.3 Å². The fourth-order valence-electron chi connectivity index (χ4n) is 1.23. The Hall–Kier alpha value is -0.800. The highest BCUT2D eigenvalue weighted by molar-refractivity contribution is 5.17. The second-order valence-electron chi connectivity index (χ2n) is 3.92. The third-order valence-corrected chi connectivity index (χ3v) is 2.25. The van der Waals surface area contributed by atoms with Crippen molar-refractivity contribution in [3.8, 4) is 0 Å². The second kappa shape index (κ2) is 4.62. The number of hydrogen-bond donors (Lipinski definition) is 1. The number of rotatable bonds is 3. The first-order valence-corrected chi connectivity index (χ1v) is 4.86. The van der Waals surface area contributed by atoms with E-state index in [1.54, 1.807) is 0 Å². The van der Waals surface area contributed by atoms with Crippen LogP contribution in [0.25, 0.3) is 0 Å². The van der Waals surface area contributed by atoms with Crippen LogP contribution in [0.1, 0.15) is 13.8 Å². The normalized spacial score (nSPS) is 22.5. The molecule has 1 fully saturated rings. The Kier molecular flexibility index (Phi) is 3.72. The summed E-state index contributed by atoms with van der Waals surface area (Å²) in [6.45, 7) is 9.19. The van der Waals surface area contributed by atoms with Crippen LogP contribution in [-0.4, -0.2) is 26.0 Å². The van der Waals surface area contributed by atoms with E-state index in [-0.39, 0.29) is 5.92 Å². The van der Waals surface area contributed by atoms with Crippen LogP contribution in [0.15, 0.2) is 24.4 Å². The molecule has 0 unspecified atom stereocenters. The molecule has 0 bridgehead atoms. The van der Waals surface area contributed by atoms with Crippen molar-refractivity contribution >= 4 is 0 Å². The van der Waals surface area contributed by atoms with E-state index in [1.165, 1.54) is 0 Å². The van der Waals surface area contributed by atoms with Crippen LogP contribution < -0.4 is 5.32 Å². The fourth-order valence-corrected chi connectivity index (χ4v) is 1.23. The van der Waals surface area contributed by atoms with Gasteiger partial charge in [-0.25, -0.2) is 0 Å². The van der Waals surface area contributed by atoms with Crippen LogP contribution in [0.4, 0.5) is 0 Å². The summed E-state index contributed by atoms with van der Waals surface area (Å²) in [5, 5.41) is 2.93. The van der Waals surface area contributed by atoms with Crippen molar-refractivity contribution in [2.24, 2.45) is 5.92 Å². The first-order chi connectivity index (χ1) is 6.55. The minimum atomic E-state index is -0.441. The maximum atomic E-state index is 5.54. The topological polar surface area (TPSA) is 30.5 Å². The van der Waals surface area contributed by atoms with Crippen LogP contribution >= 0.6 is 0 Å². The van der Waals surface area contributed by atoms with Crippen molar-refractivity contribution < 1.29 is 9.47 Å². The lowest BCUT2D eigenvalue weighted by Crippen LogP contribution is -2.39. The molecule has 0 amide bonds. The predicted molar refractivity (Wildman–Crippen MR) is 56.8 cm³/mol. The summed E-state index contributed by atoms with van der Waals surface area (Å²) in [6.07, 6.45) is 3.82. The Balaban J connectivity index is 2.42. The van der Waals surface area contributed by atoms with Crippen molar-refractivity contribution in [1.29, 1.82) is 0 Å². The molecule has 3 nitrogen and oxygen atoms in total. The smallest absolute Gasteiger partial charge is 0.162 e. The highest BCUT2D eigenvalue weighted by Crippen LogP contribution is 2.24. The Morgan fingerprint density at radius 1 is 1.43 bits per heavy atom. The molecule has 0 spiro atoms. The van der Waals surface area contributed by atoms with Gasteiger partial charge in [-0.05, 0) is 31.7 Å². The van der Waals surface area contributed by atoms with Crippen LogP contribution in [0.3, 0.4) is 0 Å². The highest BCUT2D eigenvalue weighted by Gasteiger charge is 2.28. The molecule has 0 aliphatic carbocycles. The van der Waals surface area contributed by atoms with Crippen molar-refractivity contribution in [3.05, 3.63) is 24.4 Å². The molecular weight excluding hydrogens is 178 g/mol. The van der Waals surface area contributed by atoms with Crippen molar-refractivity contribution in [1.82, 2.24) is 5.32 Å². The lowest BCUT2D eigenvalue weighted by Gasteiger charge is -2.35. The molecule has 0 saturated carbocycles. The molecule has 0 aromatic carbocycles. The third-order valence-electron chi connectivity index (χ3n) is 2.25. The van der Waals surface area contributed by atoms with Gasteiger partial charge in [-0.3, -0.25) is 0 Å². The molecule has 0 radical (unpaired) electrons. The number of hydrogen-bond acceptors (Lipinski definition) is 3. The molecule has 0 aromatic rings. The molecule has 14 heavy (non-hydrogen) atoms. The molecule has 3 heteroatoms. The summed E-state index contributed by atoms with van der Waals surface area (Å²) >= 11 is 0. The van der Waals surface area contributed by atoms with E-state index in [1.807, 2.05) is 33.2 Å². The molecule has 80 valence electrons. The van der Waals surface area contributed by atoms with E-state index in [0.29, 0.717) is 13.2 Å². The van der Waals surface area contributed by atoms with Crippen LogP contribution in [0.5, 0.6) is 0 Å². The SMILES string of the molecule is C=C(/C=C\NC)C1COC(C)(C)OC1. The molecular formula is C11H19NO2. The number of nitrogens with one attached hydrogen (secondary N) is 1. The summed E-state index contributed by atoms with van der Waals surface area (Å²) in [5.74, 6) is -0.170. The molecule has 1 aliphatic heterocycles. The van der Waals surface area contributed by atoms with E-state index < -0.39 is 5.79 Å². The first-order valence-electron chi connectivity index (χ1n) is 4.86. The van der Waals surface area contributed by atoms with Gasteiger partial charge in [0, 0.05) is 13.0 Å². The summed E-state index contributed by atoms with van der Waals surface area (Å²) in [4.78, 5) is 0. The molecule has 1 heterocycles. The highest BCUT2D eigenvalue weighted by atomic mass is 16.7. The lowest BCUT2D eigenvalue weighted by molar-refractivity contribution is -0.256. The van der Waals surface area contributed by atoms with Gasteiger partial charge < -0.3 is 14.8 Å². The van der Waals surface area contributed by atoms with Gasteiger partial charge in [-0.1, -0.05) is 6.58 Å². The Bertz CT molecular complexity index is 223.